The second-order valence-corrected chi connectivity index (χ2v) is 6.31. The summed E-state index contributed by atoms with van der Waals surface area (Å²) in [5, 5.41) is 4.62. The second kappa shape index (κ2) is 8.57. The molecule has 0 atom stereocenters. The summed E-state index contributed by atoms with van der Waals surface area (Å²) in [7, 11) is 4.55. The zero-order valence-electron chi connectivity index (χ0n) is 17.0. The van der Waals surface area contributed by atoms with Crippen molar-refractivity contribution in [2.75, 3.05) is 26.8 Å². The van der Waals surface area contributed by atoms with E-state index in [2.05, 4.69) is 26.0 Å². The van der Waals surface area contributed by atoms with Crippen LogP contribution in [0.3, 0.4) is 0 Å². The number of ether oxygens (including phenoxy) is 3. The average molecular weight is 421 g/mol. The van der Waals surface area contributed by atoms with Gasteiger partial charge in [0.1, 0.15) is 6.33 Å². The molecule has 31 heavy (non-hydrogen) atoms. The molecule has 10 heteroatoms. The smallest absolute Gasteiger partial charge is 0.291 e. The molecule has 0 saturated heterocycles. The number of amides is 1. The largest absolute Gasteiger partial charge is 0.493 e. The first-order valence-electron chi connectivity index (χ1n) is 9.17. The maximum atomic E-state index is 12.5. The Morgan fingerprint density at radius 3 is 2.42 bits per heavy atom. The van der Waals surface area contributed by atoms with Gasteiger partial charge in [0.05, 0.1) is 26.8 Å². The lowest BCUT2D eigenvalue weighted by Gasteiger charge is -2.12. The number of rotatable bonds is 7. The van der Waals surface area contributed by atoms with Crippen LogP contribution in [0.25, 0.3) is 22.2 Å². The fourth-order valence-corrected chi connectivity index (χ4v) is 3.03. The summed E-state index contributed by atoms with van der Waals surface area (Å²) in [6, 6.07) is 12.4. The van der Waals surface area contributed by atoms with Crippen molar-refractivity contribution < 1.29 is 23.5 Å². The molecule has 0 saturated carbocycles. The molecule has 0 unspecified atom stereocenters. The van der Waals surface area contributed by atoms with Crippen LogP contribution < -0.4 is 25.1 Å². The first-order chi connectivity index (χ1) is 15.1. The van der Waals surface area contributed by atoms with Crippen molar-refractivity contribution in [2.45, 2.75) is 0 Å². The minimum absolute atomic E-state index is 0.0783. The second-order valence-electron chi connectivity index (χ2n) is 6.31. The van der Waals surface area contributed by atoms with Crippen molar-refractivity contribution in [1.82, 2.24) is 20.6 Å². The highest BCUT2D eigenvalue weighted by Gasteiger charge is 2.19. The van der Waals surface area contributed by atoms with Crippen molar-refractivity contribution in [2.24, 2.45) is 0 Å². The van der Waals surface area contributed by atoms with Crippen molar-refractivity contribution in [3.05, 3.63) is 54.5 Å². The molecule has 0 bridgehead atoms. The molecular weight excluding hydrogens is 402 g/mol. The van der Waals surface area contributed by atoms with E-state index in [-0.39, 0.29) is 5.69 Å². The molecule has 2 aromatic carbocycles. The summed E-state index contributed by atoms with van der Waals surface area (Å²) in [4.78, 5) is 20.9. The summed E-state index contributed by atoms with van der Waals surface area (Å²) >= 11 is 0. The first kappa shape index (κ1) is 20.0. The van der Waals surface area contributed by atoms with Gasteiger partial charge in [-0.15, -0.1) is 0 Å². The number of hydrogen-bond donors (Lipinski definition) is 2. The van der Waals surface area contributed by atoms with Gasteiger partial charge >= 0.3 is 0 Å². The molecule has 0 radical (unpaired) electrons. The van der Waals surface area contributed by atoms with E-state index in [1.807, 2.05) is 24.3 Å². The fraction of sp³-hybridized carbons (Fsp3) is 0.143. The summed E-state index contributed by atoms with van der Waals surface area (Å²) in [5.41, 5.74) is 6.80. The first-order valence-corrected chi connectivity index (χ1v) is 9.17. The van der Waals surface area contributed by atoms with E-state index in [4.69, 9.17) is 18.7 Å². The lowest BCUT2D eigenvalue weighted by Crippen LogP contribution is -2.30. The normalized spacial score (nSPS) is 10.5. The maximum absolute atomic E-state index is 12.5. The van der Waals surface area contributed by atoms with Gasteiger partial charge in [-0.25, -0.2) is 9.97 Å². The number of methoxy groups -OCH3 is 3. The van der Waals surface area contributed by atoms with E-state index >= 15 is 0 Å². The SMILES string of the molecule is COc1cc(-c2cc(C(=O)NNc3ncnc4ccccc34)no2)cc(OC)c1OC. The number of anilines is 1. The predicted octanol–water partition coefficient (Wildman–Crippen LogP) is 3.07. The Labute approximate surface area is 177 Å². The Bertz CT molecular complexity index is 1210. The number of carbonyl (C=O) groups excluding carboxylic acids is 1. The summed E-state index contributed by atoms with van der Waals surface area (Å²) in [6.07, 6.45) is 1.41. The molecule has 10 nitrogen and oxygen atoms in total. The highest BCUT2D eigenvalue weighted by atomic mass is 16.5. The van der Waals surface area contributed by atoms with E-state index in [1.165, 1.54) is 33.7 Å². The third kappa shape index (κ3) is 3.90. The van der Waals surface area contributed by atoms with E-state index in [9.17, 15) is 4.79 Å². The van der Waals surface area contributed by atoms with Crippen LogP contribution in [0.2, 0.25) is 0 Å². The van der Waals surface area contributed by atoms with Gasteiger partial charge in [0, 0.05) is 17.0 Å². The number of hydrogen-bond acceptors (Lipinski definition) is 9. The molecule has 2 heterocycles. The summed E-state index contributed by atoms with van der Waals surface area (Å²) in [5.74, 6) is 1.69. The van der Waals surface area contributed by atoms with Crippen LogP contribution in [-0.4, -0.2) is 42.4 Å². The lowest BCUT2D eigenvalue weighted by atomic mass is 10.1. The van der Waals surface area contributed by atoms with Gasteiger partial charge in [-0.1, -0.05) is 17.3 Å². The zero-order valence-corrected chi connectivity index (χ0v) is 17.0. The number of nitrogens with one attached hydrogen (secondary N) is 2. The van der Waals surface area contributed by atoms with Crippen LogP contribution in [-0.2, 0) is 0 Å². The molecule has 0 spiro atoms. The highest BCUT2D eigenvalue weighted by molar-refractivity contribution is 5.95. The Morgan fingerprint density at radius 2 is 1.71 bits per heavy atom. The van der Waals surface area contributed by atoms with Crippen molar-refractivity contribution in [3.63, 3.8) is 0 Å². The van der Waals surface area contributed by atoms with Gasteiger partial charge in [-0.2, -0.15) is 0 Å². The number of aromatic nitrogens is 3. The maximum Gasteiger partial charge on any atom is 0.291 e. The predicted molar refractivity (Wildman–Crippen MR) is 112 cm³/mol. The van der Waals surface area contributed by atoms with Crippen molar-refractivity contribution in [3.8, 4) is 28.6 Å². The minimum Gasteiger partial charge on any atom is -0.493 e. The molecule has 2 N–H and O–H groups in total. The van der Waals surface area contributed by atoms with Gasteiger partial charge in [0.25, 0.3) is 5.91 Å². The van der Waals surface area contributed by atoms with Gasteiger partial charge in [-0.3, -0.25) is 15.6 Å². The number of benzene rings is 2. The van der Waals surface area contributed by atoms with Gasteiger partial charge in [-0.05, 0) is 24.3 Å². The number of para-hydroxylation sites is 1. The molecule has 2 aromatic heterocycles. The molecule has 0 aliphatic rings. The number of carbonyl (C=O) groups is 1. The van der Waals surface area contributed by atoms with E-state index < -0.39 is 5.91 Å². The molecule has 1 amide bonds. The summed E-state index contributed by atoms with van der Waals surface area (Å²) in [6.45, 7) is 0. The number of fused-ring (bicyclic) bond motifs is 1. The third-order valence-electron chi connectivity index (χ3n) is 4.53. The molecule has 4 rings (SSSR count). The number of hydrazine groups is 1. The van der Waals surface area contributed by atoms with E-state index in [1.54, 1.807) is 12.1 Å². The Balaban J connectivity index is 1.54. The molecule has 0 aliphatic heterocycles. The Kier molecular flexibility index (Phi) is 5.52. The minimum atomic E-state index is -0.495. The number of nitrogens with zero attached hydrogens (tertiary/aromatic N) is 3. The monoisotopic (exact) mass is 421 g/mol. The quantitative estimate of drug-likeness (QED) is 0.434. The van der Waals surface area contributed by atoms with Gasteiger partial charge in [0.15, 0.2) is 28.8 Å². The topological polar surface area (TPSA) is 121 Å². The van der Waals surface area contributed by atoms with Crippen LogP contribution in [0.5, 0.6) is 17.2 Å². The van der Waals surface area contributed by atoms with E-state index in [0.29, 0.717) is 34.4 Å². The fourth-order valence-electron chi connectivity index (χ4n) is 3.03. The Morgan fingerprint density at radius 1 is 0.968 bits per heavy atom. The molecule has 0 fully saturated rings. The molecular formula is C21H19N5O5. The lowest BCUT2D eigenvalue weighted by molar-refractivity contribution is 0.0953. The van der Waals surface area contributed by atoms with Gasteiger partial charge in [0.2, 0.25) is 5.75 Å². The van der Waals surface area contributed by atoms with Crippen LogP contribution >= 0.6 is 0 Å². The third-order valence-corrected chi connectivity index (χ3v) is 4.53. The zero-order chi connectivity index (χ0) is 21.8. The van der Waals surface area contributed by atoms with Crippen LogP contribution in [0, 0.1) is 0 Å². The van der Waals surface area contributed by atoms with Crippen molar-refractivity contribution >= 4 is 22.6 Å². The van der Waals surface area contributed by atoms with Crippen LogP contribution in [0.15, 0.2) is 53.3 Å². The van der Waals surface area contributed by atoms with Crippen LogP contribution in [0.1, 0.15) is 10.5 Å². The average Bonchev–Trinajstić information content (AvgIpc) is 3.32. The van der Waals surface area contributed by atoms with Crippen LogP contribution in [0.4, 0.5) is 5.82 Å². The Hall–Kier alpha value is -4.34. The standard InChI is InChI=1S/C21H19N5O5/c1-28-17-8-12(9-18(29-2)19(17)30-3)16-10-15(26-31-16)21(27)25-24-20-13-6-4-5-7-14(13)22-11-23-20/h4-11H,1-3H3,(H,25,27)(H,22,23,24). The van der Waals surface area contributed by atoms with E-state index in [0.717, 1.165) is 10.9 Å². The summed E-state index contributed by atoms with van der Waals surface area (Å²) < 4.78 is 21.4. The highest BCUT2D eigenvalue weighted by Crippen LogP contribution is 2.41. The van der Waals surface area contributed by atoms with Crippen molar-refractivity contribution in [1.29, 1.82) is 0 Å². The molecule has 4 aromatic rings. The molecule has 0 aliphatic carbocycles. The molecule has 158 valence electrons. The van der Waals surface area contributed by atoms with Gasteiger partial charge < -0.3 is 18.7 Å².